The molecule has 0 saturated carbocycles. The summed E-state index contributed by atoms with van der Waals surface area (Å²) in [6.45, 7) is 2.31. The van der Waals surface area contributed by atoms with Gasteiger partial charge >= 0.3 is 5.97 Å². The van der Waals surface area contributed by atoms with Gasteiger partial charge in [0.1, 0.15) is 36.0 Å². The van der Waals surface area contributed by atoms with E-state index >= 15 is 8.78 Å². The van der Waals surface area contributed by atoms with E-state index in [1.807, 2.05) is 0 Å². The molecule has 8 nitrogen and oxygen atoms in total. The summed E-state index contributed by atoms with van der Waals surface area (Å²) in [7, 11) is 1.55. The number of fused-ring (bicyclic) bond motifs is 1. The van der Waals surface area contributed by atoms with Crippen molar-refractivity contribution in [3.63, 3.8) is 0 Å². The Labute approximate surface area is 250 Å². The van der Waals surface area contributed by atoms with Crippen LogP contribution in [-0.2, 0) is 22.5 Å². The van der Waals surface area contributed by atoms with Crippen molar-refractivity contribution < 1.29 is 37.3 Å². The van der Waals surface area contributed by atoms with Crippen molar-refractivity contribution in [2.24, 2.45) is 0 Å². The number of halogens is 3. The number of pyridine rings is 1. The van der Waals surface area contributed by atoms with E-state index < -0.39 is 23.4 Å². The fraction of sp³-hybridized carbons (Fsp3) is 0.242. The van der Waals surface area contributed by atoms with Gasteiger partial charge in [0.15, 0.2) is 0 Å². The molecule has 1 saturated heterocycles. The third kappa shape index (κ3) is 5.76. The Hall–Kier alpha value is -4.74. The number of imidazole rings is 1. The zero-order chi connectivity index (χ0) is 31.0. The lowest BCUT2D eigenvalue weighted by molar-refractivity contribution is 0.0687. The van der Waals surface area contributed by atoms with Gasteiger partial charge < -0.3 is 23.9 Å². The SMILES string of the molecule is CO[C@@H]1COC[C@@H]1n1c(Cc2cc(F)c(-c3cccc(OCc4ccc(C)cc4F)n3)cc2F)nc2ccc(C(=O)O)cc21. The lowest BCUT2D eigenvalue weighted by Crippen LogP contribution is -2.26. The van der Waals surface area contributed by atoms with Gasteiger partial charge in [-0.25, -0.2) is 27.9 Å². The minimum absolute atomic E-state index is 0.0522. The van der Waals surface area contributed by atoms with Gasteiger partial charge in [-0.3, -0.25) is 0 Å². The fourth-order valence-electron chi connectivity index (χ4n) is 5.42. The van der Waals surface area contributed by atoms with Crippen molar-refractivity contribution in [2.45, 2.75) is 32.1 Å². The highest BCUT2D eigenvalue weighted by Gasteiger charge is 2.33. The minimum Gasteiger partial charge on any atom is -0.478 e. The van der Waals surface area contributed by atoms with Crippen molar-refractivity contribution in [3.05, 3.63) is 112 Å². The molecule has 1 fully saturated rings. The summed E-state index contributed by atoms with van der Waals surface area (Å²) in [4.78, 5) is 20.6. The molecule has 226 valence electrons. The molecule has 2 aromatic heterocycles. The second-order valence-corrected chi connectivity index (χ2v) is 10.6. The minimum atomic E-state index is -1.10. The number of hydrogen-bond acceptors (Lipinski definition) is 6. The van der Waals surface area contributed by atoms with Crippen LogP contribution in [-0.4, -0.2) is 52.0 Å². The number of carboxylic acid groups (broad SMARTS) is 1. The van der Waals surface area contributed by atoms with Crippen LogP contribution in [0.25, 0.3) is 22.3 Å². The molecule has 44 heavy (non-hydrogen) atoms. The fourth-order valence-corrected chi connectivity index (χ4v) is 5.42. The Morgan fingerprint density at radius 3 is 2.57 bits per heavy atom. The van der Waals surface area contributed by atoms with E-state index in [9.17, 15) is 14.3 Å². The lowest BCUT2D eigenvalue weighted by Gasteiger charge is -2.21. The molecule has 0 radical (unpaired) electrons. The molecular weight excluding hydrogens is 575 g/mol. The standard InChI is InChI=1S/C33H28F3N3O5/c1-18-6-7-20(23(34)10-18)15-44-32-5-3-4-26(38-32)22-14-24(35)21(11-25(22)36)13-31-37-27-9-8-19(33(40)41)12-28(27)39(31)29-16-43-17-30(29)42-2/h3-12,14,29-30H,13,15-17H2,1-2H3,(H,40,41)/t29-,30+/m0/s1. The molecule has 2 atom stereocenters. The number of rotatable bonds is 9. The van der Waals surface area contributed by atoms with Crippen LogP contribution in [0.2, 0.25) is 0 Å². The summed E-state index contributed by atoms with van der Waals surface area (Å²) >= 11 is 0. The van der Waals surface area contributed by atoms with Crippen LogP contribution in [0, 0.1) is 24.4 Å². The first-order valence-electron chi connectivity index (χ1n) is 13.9. The van der Waals surface area contributed by atoms with Crippen LogP contribution < -0.4 is 4.74 Å². The number of benzene rings is 3. The predicted molar refractivity (Wildman–Crippen MR) is 155 cm³/mol. The first-order valence-corrected chi connectivity index (χ1v) is 13.9. The highest BCUT2D eigenvalue weighted by atomic mass is 19.1. The number of nitrogens with zero attached hydrogens (tertiary/aromatic N) is 3. The van der Waals surface area contributed by atoms with E-state index in [2.05, 4.69) is 9.97 Å². The summed E-state index contributed by atoms with van der Waals surface area (Å²) < 4.78 is 64.0. The number of carbonyl (C=O) groups is 1. The van der Waals surface area contributed by atoms with Gasteiger partial charge in [-0.05, 0) is 60.5 Å². The van der Waals surface area contributed by atoms with Crippen LogP contribution in [0.1, 0.15) is 38.9 Å². The summed E-state index contributed by atoms with van der Waals surface area (Å²) in [5.41, 5.74) is 2.37. The summed E-state index contributed by atoms with van der Waals surface area (Å²) in [5, 5.41) is 9.55. The van der Waals surface area contributed by atoms with Crippen molar-refractivity contribution >= 4 is 17.0 Å². The second kappa shape index (κ2) is 12.1. The average Bonchev–Trinajstić information content (AvgIpc) is 3.61. The van der Waals surface area contributed by atoms with E-state index in [4.69, 9.17) is 14.2 Å². The van der Waals surface area contributed by atoms with Crippen LogP contribution in [0.15, 0.2) is 66.7 Å². The van der Waals surface area contributed by atoms with Crippen molar-refractivity contribution in [3.8, 4) is 17.1 Å². The van der Waals surface area contributed by atoms with E-state index in [1.54, 1.807) is 48.9 Å². The third-order valence-corrected chi connectivity index (χ3v) is 7.71. The molecule has 1 N–H and O–H groups in total. The first-order chi connectivity index (χ1) is 21.2. The summed E-state index contributed by atoms with van der Waals surface area (Å²) in [6, 6.07) is 15.8. The number of hydrogen-bond donors (Lipinski definition) is 1. The Morgan fingerprint density at radius 1 is 0.977 bits per heavy atom. The second-order valence-electron chi connectivity index (χ2n) is 10.6. The number of methoxy groups -OCH3 is 1. The Bertz CT molecular complexity index is 1880. The van der Waals surface area contributed by atoms with Gasteiger partial charge in [0.25, 0.3) is 0 Å². The van der Waals surface area contributed by atoms with E-state index in [0.717, 1.165) is 17.7 Å². The van der Waals surface area contributed by atoms with E-state index in [0.29, 0.717) is 29.0 Å². The molecular formula is C33H28F3N3O5. The number of ether oxygens (including phenoxy) is 3. The van der Waals surface area contributed by atoms with E-state index in [-0.39, 0.29) is 60.0 Å². The number of aryl methyl sites for hydroxylation is 1. The first kappa shape index (κ1) is 29.3. The molecule has 0 bridgehead atoms. The molecule has 6 rings (SSSR count). The van der Waals surface area contributed by atoms with Gasteiger partial charge in [0.2, 0.25) is 5.88 Å². The molecule has 0 aliphatic carbocycles. The summed E-state index contributed by atoms with van der Waals surface area (Å²) in [6.07, 6.45) is -0.419. The molecule has 3 heterocycles. The Kier molecular flexibility index (Phi) is 8.07. The number of aromatic carboxylic acids is 1. The average molecular weight is 604 g/mol. The van der Waals surface area contributed by atoms with Gasteiger partial charge in [-0.15, -0.1) is 0 Å². The van der Waals surface area contributed by atoms with Crippen molar-refractivity contribution in [2.75, 3.05) is 20.3 Å². The molecule has 3 aromatic carbocycles. The maximum absolute atomic E-state index is 15.6. The van der Waals surface area contributed by atoms with Crippen LogP contribution in [0.5, 0.6) is 5.88 Å². The lowest BCUT2D eigenvalue weighted by atomic mass is 10.0. The number of carboxylic acids is 1. The molecule has 11 heteroatoms. The van der Waals surface area contributed by atoms with Gasteiger partial charge in [0, 0.05) is 30.7 Å². The molecule has 5 aromatic rings. The van der Waals surface area contributed by atoms with E-state index in [1.165, 1.54) is 24.3 Å². The van der Waals surface area contributed by atoms with Gasteiger partial charge in [0.05, 0.1) is 41.5 Å². The van der Waals surface area contributed by atoms with Gasteiger partial charge in [-0.1, -0.05) is 18.2 Å². The Balaban J connectivity index is 1.30. The topological polar surface area (TPSA) is 95.7 Å². The Morgan fingerprint density at radius 2 is 1.80 bits per heavy atom. The highest BCUT2D eigenvalue weighted by molar-refractivity contribution is 5.92. The molecule has 0 spiro atoms. The smallest absolute Gasteiger partial charge is 0.335 e. The summed E-state index contributed by atoms with van der Waals surface area (Å²) in [5.74, 6) is -2.34. The zero-order valence-electron chi connectivity index (χ0n) is 23.9. The molecule has 1 aliphatic rings. The molecule has 0 amide bonds. The monoisotopic (exact) mass is 603 g/mol. The molecule has 1 aliphatic heterocycles. The van der Waals surface area contributed by atoms with Gasteiger partial charge in [-0.2, -0.15) is 0 Å². The van der Waals surface area contributed by atoms with Crippen molar-refractivity contribution in [1.82, 2.24) is 14.5 Å². The normalized spacial score (nSPS) is 16.5. The maximum atomic E-state index is 15.6. The number of aromatic nitrogens is 3. The highest BCUT2D eigenvalue weighted by Crippen LogP contribution is 2.32. The maximum Gasteiger partial charge on any atom is 0.335 e. The van der Waals surface area contributed by atoms with Crippen molar-refractivity contribution in [1.29, 1.82) is 0 Å². The molecule has 0 unspecified atom stereocenters. The van der Waals surface area contributed by atoms with Crippen LogP contribution in [0.3, 0.4) is 0 Å². The quantitative estimate of drug-likeness (QED) is 0.212. The zero-order valence-corrected chi connectivity index (χ0v) is 23.9. The van der Waals surface area contributed by atoms with Crippen LogP contribution in [0.4, 0.5) is 13.2 Å². The largest absolute Gasteiger partial charge is 0.478 e. The predicted octanol–water partition coefficient (Wildman–Crippen LogP) is 6.28. The third-order valence-electron chi connectivity index (χ3n) is 7.71. The van der Waals surface area contributed by atoms with Crippen LogP contribution >= 0.6 is 0 Å².